The summed E-state index contributed by atoms with van der Waals surface area (Å²) < 4.78 is 15.3. The molecule has 18 nitrogen and oxygen atoms in total. The number of carbonyl (C=O) groups is 9. The van der Waals surface area contributed by atoms with Gasteiger partial charge in [-0.3, -0.25) is 43.2 Å². The molecule has 0 aromatic rings. The van der Waals surface area contributed by atoms with Gasteiger partial charge in [-0.15, -0.1) is 0 Å². The monoisotopic (exact) mass is 943 g/mol. The highest BCUT2D eigenvalue weighted by Gasteiger charge is 2.23. The molecule has 0 rings (SSSR count). The maximum absolute atomic E-state index is 11.9. The highest BCUT2D eigenvalue weighted by Crippen LogP contribution is 2.08. The van der Waals surface area contributed by atoms with Crippen molar-refractivity contribution in [1.29, 1.82) is 0 Å². The van der Waals surface area contributed by atoms with Gasteiger partial charge in [-0.2, -0.15) is 0 Å². The fourth-order valence-corrected chi connectivity index (χ4v) is 4.57. The Bertz CT molecular complexity index is 1410. The van der Waals surface area contributed by atoms with E-state index < -0.39 is 18.1 Å². The van der Waals surface area contributed by atoms with E-state index in [0.717, 1.165) is 0 Å². The van der Waals surface area contributed by atoms with E-state index in [0.29, 0.717) is 32.0 Å². The Morgan fingerprint density at radius 2 is 0.742 bits per heavy atom. The fourth-order valence-electron chi connectivity index (χ4n) is 4.57. The first-order valence-electron chi connectivity index (χ1n) is 23.6. The average molecular weight is 943 g/mol. The van der Waals surface area contributed by atoms with Crippen molar-refractivity contribution >= 4 is 53.4 Å². The Kier molecular flexibility index (Phi) is 36.1. The zero-order valence-corrected chi connectivity index (χ0v) is 43.7. The summed E-state index contributed by atoms with van der Waals surface area (Å²) in [5.74, 6) is -2.04. The Morgan fingerprint density at radius 3 is 1.15 bits per heavy atom. The Labute approximate surface area is 396 Å². The lowest BCUT2D eigenvalue weighted by Gasteiger charge is -2.22. The van der Waals surface area contributed by atoms with Gasteiger partial charge in [0.1, 0.15) is 13.2 Å². The van der Waals surface area contributed by atoms with E-state index in [1.54, 1.807) is 83.1 Å². The first kappa shape index (κ1) is 65.5. The third-order valence-corrected chi connectivity index (χ3v) is 8.76. The second-order valence-corrected chi connectivity index (χ2v) is 19.6. The maximum atomic E-state index is 11.9. The van der Waals surface area contributed by atoms with E-state index in [1.165, 1.54) is 0 Å². The molecule has 3 atom stereocenters. The van der Waals surface area contributed by atoms with Crippen LogP contribution in [0.1, 0.15) is 144 Å². The van der Waals surface area contributed by atoms with Crippen LogP contribution in [0.3, 0.4) is 0 Å². The number of hydrogen-bond donors (Lipinski definition) is 6. The number of rotatable bonds is 27. The molecule has 0 aliphatic heterocycles. The van der Waals surface area contributed by atoms with Crippen molar-refractivity contribution in [2.75, 3.05) is 39.4 Å². The zero-order valence-electron chi connectivity index (χ0n) is 43.7. The minimum atomic E-state index is -0.784. The molecular weight excluding hydrogens is 853 g/mol. The van der Waals surface area contributed by atoms with E-state index >= 15 is 0 Å². The van der Waals surface area contributed by atoms with Crippen LogP contribution in [-0.4, -0.2) is 111 Å². The van der Waals surface area contributed by atoms with Gasteiger partial charge in [-0.1, -0.05) is 125 Å². The molecule has 0 saturated heterocycles. The van der Waals surface area contributed by atoms with E-state index in [4.69, 9.17) is 14.2 Å². The molecule has 0 aliphatic carbocycles. The van der Waals surface area contributed by atoms with Crippen LogP contribution in [0.4, 0.5) is 0 Å². The number of nitrogens with one attached hydrogen (secondary N) is 6. The van der Waals surface area contributed by atoms with Gasteiger partial charge in [0.15, 0.2) is 6.10 Å². The molecule has 0 aliphatic rings. The molecule has 0 spiro atoms. The average Bonchev–Trinajstić information content (AvgIpc) is 3.20. The molecule has 6 N–H and O–H groups in total. The predicted octanol–water partition coefficient (Wildman–Crippen LogP) is 4.47. The topological polar surface area (TPSA) is 253 Å². The number of ether oxygens (including phenoxy) is 3. The number of carbonyl (C=O) groups excluding carboxylic acids is 9. The van der Waals surface area contributed by atoms with E-state index in [1.807, 2.05) is 41.5 Å². The maximum Gasteiger partial charge on any atom is 0.308 e. The summed E-state index contributed by atoms with van der Waals surface area (Å²) in [6, 6.07) is -0.710. The molecule has 6 amide bonds. The highest BCUT2D eigenvalue weighted by molar-refractivity contribution is 5.82. The second-order valence-electron chi connectivity index (χ2n) is 19.6. The molecule has 0 bridgehead atoms. The summed E-state index contributed by atoms with van der Waals surface area (Å²) in [6.07, 6.45) is 0.109. The fraction of sp³-hybridized carbons (Fsp3) is 0.812. The molecule has 0 radical (unpaired) electrons. The van der Waals surface area contributed by atoms with Crippen LogP contribution in [0, 0.1) is 53.3 Å². The second kappa shape index (κ2) is 36.4. The van der Waals surface area contributed by atoms with Crippen LogP contribution < -0.4 is 31.9 Å². The van der Waals surface area contributed by atoms with Crippen molar-refractivity contribution in [2.45, 2.75) is 162 Å². The summed E-state index contributed by atoms with van der Waals surface area (Å²) in [4.78, 5) is 105. The van der Waals surface area contributed by atoms with Crippen LogP contribution in [0.15, 0.2) is 0 Å². The first-order chi connectivity index (χ1) is 30.4. The smallest absolute Gasteiger partial charge is 0.308 e. The van der Waals surface area contributed by atoms with Crippen LogP contribution in [-0.2, 0) is 57.4 Å². The van der Waals surface area contributed by atoms with Crippen LogP contribution in [0.2, 0.25) is 0 Å². The van der Waals surface area contributed by atoms with Gasteiger partial charge in [0.2, 0.25) is 35.4 Å². The van der Waals surface area contributed by atoms with Gasteiger partial charge in [-0.25, -0.2) is 0 Å². The summed E-state index contributed by atoms with van der Waals surface area (Å²) in [5.41, 5.74) is 0. The Morgan fingerprint density at radius 1 is 0.364 bits per heavy atom. The van der Waals surface area contributed by atoms with Gasteiger partial charge >= 0.3 is 17.9 Å². The number of esters is 3. The number of hydrogen-bond acceptors (Lipinski definition) is 12. The predicted molar refractivity (Wildman–Crippen MR) is 255 cm³/mol. The van der Waals surface area contributed by atoms with Crippen molar-refractivity contribution in [3.05, 3.63) is 0 Å². The minimum Gasteiger partial charge on any atom is -0.462 e. The molecular formula is C48H90N6O12. The lowest BCUT2D eigenvalue weighted by molar-refractivity contribution is -0.170. The molecule has 0 fully saturated rings. The van der Waals surface area contributed by atoms with Crippen LogP contribution in [0.5, 0.6) is 0 Å². The molecule has 0 heterocycles. The summed E-state index contributed by atoms with van der Waals surface area (Å²) in [6.45, 7) is 34.2. The third kappa shape index (κ3) is 37.5. The quantitative estimate of drug-likeness (QED) is 0.0493. The van der Waals surface area contributed by atoms with Crippen molar-refractivity contribution < 1.29 is 57.4 Å². The molecule has 0 aromatic heterocycles. The standard InChI is InChI=1S/2C16H31N3O3.C16H28O6/c1-10(2)8-17-14(20)7-13(19-16(22)12(5)6)9-18-15(21)11(3)4;1-10(2)7-14(20)17-8-13(19-16(22)12(5)6)9-18-15(21)11(3)4;1-10(2)7-14(17)20-8-13(22-16(19)12(5)6)9-21-15(18)11(3)4/h2*10-13H,7-9H2,1-6H3,(H,17,20)(H,18,21)(H,19,22);10-13H,7-9H2,1-6H3. The molecule has 0 aromatic carbocycles. The number of amides is 6. The van der Waals surface area contributed by atoms with Gasteiger partial charge < -0.3 is 46.1 Å². The van der Waals surface area contributed by atoms with Crippen LogP contribution >= 0.6 is 0 Å². The van der Waals surface area contributed by atoms with Gasteiger partial charge in [0.25, 0.3) is 0 Å². The summed E-state index contributed by atoms with van der Waals surface area (Å²) >= 11 is 0. The minimum absolute atomic E-state index is 0.0472. The lowest BCUT2D eigenvalue weighted by Crippen LogP contribution is -2.51. The Balaban J connectivity index is -0.000000902. The van der Waals surface area contributed by atoms with Gasteiger partial charge in [-0.05, 0) is 17.8 Å². The SMILES string of the molecule is CC(C)CC(=O)NCC(CNC(=O)C(C)C)NC(=O)C(C)C.CC(C)CC(=O)OCC(COC(=O)C(C)C)OC(=O)C(C)C.CC(C)CNC(=O)CC(CNC(=O)C(C)C)NC(=O)C(C)C. The molecule has 384 valence electrons. The van der Waals surface area contributed by atoms with Crippen molar-refractivity contribution in [1.82, 2.24) is 31.9 Å². The third-order valence-electron chi connectivity index (χ3n) is 8.76. The zero-order chi connectivity index (χ0) is 51.9. The van der Waals surface area contributed by atoms with Crippen molar-refractivity contribution in [3.63, 3.8) is 0 Å². The van der Waals surface area contributed by atoms with Gasteiger partial charge in [0, 0.05) is 69.1 Å². The lowest BCUT2D eigenvalue weighted by atomic mass is 10.1. The van der Waals surface area contributed by atoms with Gasteiger partial charge in [0.05, 0.1) is 23.9 Å². The summed E-state index contributed by atoms with van der Waals surface area (Å²) in [5, 5.41) is 16.8. The van der Waals surface area contributed by atoms with E-state index in [9.17, 15) is 43.2 Å². The van der Waals surface area contributed by atoms with Crippen LogP contribution in [0.25, 0.3) is 0 Å². The molecule has 0 saturated carbocycles. The van der Waals surface area contributed by atoms with E-state index in [2.05, 4.69) is 31.9 Å². The molecule has 18 heteroatoms. The van der Waals surface area contributed by atoms with Crippen molar-refractivity contribution in [3.8, 4) is 0 Å². The highest BCUT2D eigenvalue weighted by atomic mass is 16.6. The Hall–Kier alpha value is -4.77. The summed E-state index contributed by atoms with van der Waals surface area (Å²) in [7, 11) is 0. The van der Waals surface area contributed by atoms with Crippen molar-refractivity contribution in [2.24, 2.45) is 53.3 Å². The largest absolute Gasteiger partial charge is 0.462 e. The van der Waals surface area contributed by atoms with E-state index in [-0.39, 0.29) is 133 Å². The first-order valence-corrected chi connectivity index (χ1v) is 23.6. The normalized spacial score (nSPS) is 12.4. The molecule has 66 heavy (non-hydrogen) atoms. The molecule has 3 unspecified atom stereocenters.